The second kappa shape index (κ2) is 6.75. The van der Waals surface area contributed by atoms with Crippen LogP contribution in [0.25, 0.3) is 0 Å². The van der Waals surface area contributed by atoms with Gasteiger partial charge in [-0.15, -0.1) is 0 Å². The largest absolute Gasteiger partial charge is 0.396 e. The summed E-state index contributed by atoms with van der Waals surface area (Å²) in [5.74, 6) is 1.16. The molecule has 3 unspecified atom stereocenters. The lowest BCUT2D eigenvalue weighted by Crippen LogP contribution is -2.63. The van der Waals surface area contributed by atoms with E-state index in [1.807, 2.05) is 0 Å². The summed E-state index contributed by atoms with van der Waals surface area (Å²) in [6.07, 6.45) is 15.6. The maximum absolute atomic E-state index is 10.9. The van der Waals surface area contributed by atoms with Crippen LogP contribution in [-0.4, -0.2) is 22.9 Å². The van der Waals surface area contributed by atoms with Crippen molar-refractivity contribution in [2.24, 2.45) is 44.3 Å². The Kier molecular flexibility index (Phi) is 4.88. The van der Waals surface area contributed by atoms with Crippen molar-refractivity contribution in [1.29, 1.82) is 0 Å². The minimum absolute atomic E-state index is 0.000731. The van der Waals surface area contributed by atoms with Gasteiger partial charge in [0, 0.05) is 6.61 Å². The topological polar surface area (TPSA) is 40.5 Å². The summed E-state index contributed by atoms with van der Waals surface area (Å²) >= 11 is 0. The highest BCUT2D eigenvalue weighted by Crippen LogP contribution is 2.74. The van der Waals surface area contributed by atoms with Gasteiger partial charge in [-0.1, -0.05) is 66.2 Å². The summed E-state index contributed by atoms with van der Waals surface area (Å²) < 4.78 is 0. The van der Waals surface area contributed by atoms with Gasteiger partial charge in [-0.25, -0.2) is 0 Å². The van der Waals surface area contributed by atoms with E-state index in [2.05, 4.69) is 60.6 Å². The summed E-state index contributed by atoms with van der Waals surface area (Å²) in [6.45, 7) is 17.6. The van der Waals surface area contributed by atoms with E-state index in [9.17, 15) is 10.2 Å². The molecule has 2 heteroatoms. The Bertz CT molecular complexity index is 868. The quantitative estimate of drug-likeness (QED) is 0.458. The molecule has 0 amide bonds. The highest BCUT2D eigenvalue weighted by molar-refractivity contribution is 5.45. The summed E-state index contributed by atoms with van der Waals surface area (Å²) in [5, 5.41) is 21.1. The SMILES string of the molecule is CC1(C)C(O)CC[C@@]2(C)C1CC[C@]1(C)C2C=CC2=C3C[C@@](C)(CO)CC[C@]3(C)CC[C@]21C. The first-order valence-corrected chi connectivity index (χ1v) is 13.5. The van der Waals surface area contributed by atoms with Crippen molar-refractivity contribution in [3.63, 3.8) is 0 Å². The van der Waals surface area contributed by atoms with Gasteiger partial charge in [-0.3, -0.25) is 0 Å². The van der Waals surface area contributed by atoms with E-state index in [0.29, 0.717) is 23.9 Å². The Morgan fingerprint density at radius 2 is 1.56 bits per heavy atom. The van der Waals surface area contributed by atoms with Crippen LogP contribution in [0.15, 0.2) is 23.3 Å². The molecule has 2 N–H and O–H groups in total. The average molecular weight is 441 g/mol. The van der Waals surface area contributed by atoms with Gasteiger partial charge in [0.15, 0.2) is 0 Å². The van der Waals surface area contributed by atoms with Gasteiger partial charge in [0.1, 0.15) is 0 Å². The molecule has 0 spiro atoms. The maximum Gasteiger partial charge on any atom is 0.0594 e. The molecule has 0 radical (unpaired) electrons. The second-order valence-electron chi connectivity index (χ2n) is 14.7. The van der Waals surface area contributed by atoms with Crippen LogP contribution < -0.4 is 0 Å². The van der Waals surface area contributed by atoms with Crippen molar-refractivity contribution in [2.75, 3.05) is 6.61 Å². The molecule has 0 heterocycles. The van der Waals surface area contributed by atoms with Gasteiger partial charge in [-0.05, 0) is 108 Å². The molecule has 32 heavy (non-hydrogen) atoms. The number of hydrogen-bond donors (Lipinski definition) is 2. The molecule has 0 aromatic rings. The molecule has 0 bridgehead atoms. The highest BCUT2D eigenvalue weighted by Gasteiger charge is 2.66. The average Bonchev–Trinajstić information content (AvgIpc) is 2.73. The van der Waals surface area contributed by atoms with Crippen LogP contribution >= 0.6 is 0 Å². The molecule has 5 aliphatic carbocycles. The molecule has 3 fully saturated rings. The molecule has 0 aromatic carbocycles. The Balaban J connectivity index is 1.64. The predicted molar refractivity (Wildman–Crippen MR) is 132 cm³/mol. The molecular formula is C30H48O2. The third kappa shape index (κ3) is 2.72. The number of fused-ring (bicyclic) bond motifs is 6. The number of aliphatic hydroxyl groups excluding tert-OH is 2. The monoisotopic (exact) mass is 440 g/mol. The Morgan fingerprint density at radius 3 is 2.25 bits per heavy atom. The summed E-state index contributed by atoms with van der Waals surface area (Å²) in [7, 11) is 0. The third-order valence-electron chi connectivity index (χ3n) is 12.7. The minimum atomic E-state index is -0.167. The van der Waals surface area contributed by atoms with Crippen molar-refractivity contribution < 1.29 is 10.2 Å². The van der Waals surface area contributed by atoms with Gasteiger partial charge < -0.3 is 10.2 Å². The second-order valence-corrected chi connectivity index (χ2v) is 14.7. The lowest BCUT2D eigenvalue weighted by molar-refractivity contribution is -0.182. The van der Waals surface area contributed by atoms with Crippen LogP contribution in [0.1, 0.15) is 106 Å². The molecule has 180 valence electrons. The Labute approximate surface area is 197 Å². The van der Waals surface area contributed by atoms with Crippen LogP contribution in [-0.2, 0) is 0 Å². The van der Waals surface area contributed by atoms with E-state index in [4.69, 9.17) is 0 Å². The van der Waals surface area contributed by atoms with Crippen LogP contribution in [0.4, 0.5) is 0 Å². The molecule has 0 saturated heterocycles. The number of hydrogen-bond acceptors (Lipinski definition) is 2. The maximum atomic E-state index is 10.9. The van der Waals surface area contributed by atoms with Gasteiger partial charge in [0.25, 0.3) is 0 Å². The van der Waals surface area contributed by atoms with E-state index in [0.717, 1.165) is 25.7 Å². The van der Waals surface area contributed by atoms with Crippen molar-refractivity contribution >= 4 is 0 Å². The van der Waals surface area contributed by atoms with Crippen molar-refractivity contribution in [3.05, 3.63) is 23.3 Å². The smallest absolute Gasteiger partial charge is 0.0594 e. The zero-order chi connectivity index (χ0) is 23.4. The fourth-order valence-corrected chi connectivity index (χ4v) is 9.88. The molecule has 0 aliphatic heterocycles. The van der Waals surface area contributed by atoms with Crippen molar-refractivity contribution in [1.82, 2.24) is 0 Å². The molecule has 8 atom stereocenters. The summed E-state index contributed by atoms with van der Waals surface area (Å²) in [6, 6.07) is 0. The molecule has 5 aliphatic rings. The molecule has 5 rings (SSSR count). The highest BCUT2D eigenvalue weighted by atomic mass is 16.3. The number of rotatable bonds is 1. The minimum Gasteiger partial charge on any atom is -0.396 e. The number of allylic oxidation sites excluding steroid dienone is 4. The lowest BCUT2D eigenvalue weighted by Gasteiger charge is -2.69. The lowest BCUT2D eigenvalue weighted by atomic mass is 9.35. The predicted octanol–water partition coefficient (Wildman–Crippen LogP) is 7.06. The first kappa shape index (κ1) is 23.2. The third-order valence-corrected chi connectivity index (χ3v) is 12.7. The summed E-state index contributed by atoms with van der Waals surface area (Å²) in [5.41, 5.74) is 4.41. The van der Waals surface area contributed by atoms with Gasteiger partial charge >= 0.3 is 0 Å². The fraction of sp³-hybridized carbons (Fsp3) is 0.867. The first-order valence-electron chi connectivity index (χ1n) is 13.5. The van der Waals surface area contributed by atoms with E-state index < -0.39 is 0 Å². The first-order chi connectivity index (χ1) is 14.8. The Morgan fingerprint density at radius 1 is 0.875 bits per heavy atom. The van der Waals surface area contributed by atoms with E-state index in [1.54, 1.807) is 11.1 Å². The van der Waals surface area contributed by atoms with Crippen LogP contribution in [0.3, 0.4) is 0 Å². The zero-order valence-corrected chi connectivity index (χ0v) is 21.9. The zero-order valence-electron chi connectivity index (χ0n) is 21.9. The fourth-order valence-electron chi connectivity index (χ4n) is 9.88. The molecule has 3 saturated carbocycles. The Hall–Kier alpha value is -0.600. The van der Waals surface area contributed by atoms with Crippen LogP contribution in [0.2, 0.25) is 0 Å². The van der Waals surface area contributed by atoms with E-state index in [1.165, 1.54) is 32.1 Å². The van der Waals surface area contributed by atoms with Crippen molar-refractivity contribution in [3.8, 4) is 0 Å². The van der Waals surface area contributed by atoms with Gasteiger partial charge in [-0.2, -0.15) is 0 Å². The molecule has 2 nitrogen and oxygen atoms in total. The van der Waals surface area contributed by atoms with Gasteiger partial charge in [0.2, 0.25) is 0 Å². The molecule has 0 aromatic heterocycles. The van der Waals surface area contributed by atoms with Gasteiger partial charge in [0.05, 0.1) is 6.10 Å². The van der Waals surface area contributed by atoms with Crippen molar-refractivity contribution in [2.45, 2.75) is 112 Å². The number of aliphatic hydroxyl groups is 2. The normalized spacial score (nSPS) is 54.3. The van der Waals surface area contributed by atoms with E-state index in [-0.39, 0.29) is 33.2 Å². The van der Waals surface area contributed by atoms with Crippen LogP contribution in [0.5, 0.6) is 0 Å². The summed E-state index contributed by atoms with van der Waals surface area (Å²) in [4.78, 5) is 0. The molecular weight excluding hydrogens is 392 g/mol. The van der Waals surface area contributed by atoms with E-state index >= 15 is 0 Å². The van der Waals surface area contributed by atoms with Crippen LogP contribution in [0, 0.1) is 44.3 Å². The standard InChI is InChI=1S/C30H48O2/c1-25(2)22-10-13-30(7)23(28(22,5)12-11-24(25)32)9-8-20-21-18-26(3,19-31)14-15-27(21,4)16-17-29(20,30)6/h8-9,22-24,31-32H,10-19H2,1-7H3/t22?,23?,24?,26-,27+,28-,29+,30+/m0/s1.